The Hall–Kier alpha value is -1.35. The first kappa shape index (κ1) is 29.8. The van der Waals surface area contributed by atoms with Crippen molar-refractivity contribution in [3.8, 4) is 0 Å². The number of halogens is 4. The molecule has 0 bridgehead atoms. The van der Waals surface area contributed by atoms with Crippen LogP contribution in [0.5, 0.6) is 0 Å². The molecule has 1 aliphatic rings. The molecule has 7 nitrogen and oxygen atoms in total. The van der Waals surface area contributed by atoms with Crippen LogP contribution in [0.15, 0.2) is 36.7 Å². The standard InChI is InChI=1S/C18H24N6O.4ClH/c19-23-18(25)11-15-3-1-14(2-4-15)5-6-16-12-17(22-13-21-16)24-9-7-20-8-10-24;;;;/h1-4,12-13,20H,5-11,19H2,(H,23,25);4*1H. The minimum Gasteiger partial charge on any atom is -0.354 e. The first-order valence-electron chi connectivity index (χ1n) is 8.58. The maximum Gasteiger partial charge on any atom is 0.238 e. The summed E-state index contributed by atoms with van der Waals surface area (Å²) in [7, 11) is 0. The number of aromatic nitrogens is 2. The van der Waals surface area contributed by atoms with E-state index in [-0.39, 0.29) is 55.5 Å². The maximum atomic E-state index is 11.3. The molecule has 0 aliphatic carbocycles. The Bertz CT molecular complexity index is 714. The molecule has 3 rings (SSSR count). The van der Waals surface area contributed by atoms with Crippen molar-refractivity contribution < 1.29 is 4.79 Å². The Morgan fingerprint density at radius 2 is 1.62 bits per heavy atom. The first-order valence-corrected chi connectivity index (χ1v) is 8.58. The van der Waals surface area contributed by atoms with Crippen molar-refractivity contribution >= 4 is 61.4 Å². The van der Waals surface area contributed by atoms with Crippen molar-refractivity contribution in [2.45, 2.75) is 19.3 Å². The van der Waals surface area contributed by atoms with Gasteiger partial charge in [0.1, 0.15) is 12.1 Å². The molecule has 1 fully saturated rings. The van der Waals surface area contributed by atoms with Gasteiger partial charge >= 0.3 is 0 Å². The molecule has 29 heavy (non-hydrogen) atoms. The number of hydrazine groups is 1. The average Bonchev–Trinajstić information content (AvgIpc) is 2.68. The van der Waals surface area contributed by atoms with Crippen molar-refractivity contribution in [1.29, 1.82) is 0 Å². The number of carbonyl (C=O) groups excluding carboxylic acids is 1. The molecule has 1 saturated heterocycles. The molecule has 4 N–H and O–H groups in total. The number of amides is 1. The fourth-order valence-electron chi connectivity index (χ4n) is 2.92. The van der Waals surface area contributed by atoms with E-state index in [1.54, 1.807) is 6.33 Å². The fraction of sp³-hybridized carbons (Fsp3) is 0.389. The number of aryl methyl sites for hydroxylation is 2. The van der Waals surface area contributed by atoms with E-state index in [4.69, 9.17) is 5.84 Å². The minimum atomic E-state index is -0.186. The number of hydrogen-bond acceptors (Lipinski definition) is 6. The van der Waals surface area contributed by atoms with Crippen LogP contribution in [-0.4, -0.2) is 42.1 Å². The second-order valence-corrected chi connectivity index (χ2v) is 6.17. The molecular formula is C18H28Cl4N6O. The lowest BCUT2D eigenvalue weighted by atomic mass is 10.0. The van der Waals surface area contributed by atoms with Gasteiger partial charge in [0.2, 0.25) is 5.91 Å². The third kappa shape index (κ3) is 9.33. The predicted octanol–water partition coefficient (Wildman–Crippen LogP) is 1.89. The van der Waals surface area contributed by atoms with Crippen LogP contribution in [0.1, 0.15) is 16.8 Å². The fourth-order valence-corrected chi connectivity index (χ4v) is 2.92. The van der Waals surface area contributed by atoms with Gasteiger partial charge in [-0.2, -0.15) is 0 Å². The molecule has 1 aliphatic heterocycles. The third-order valence-electron chi connectivity index (χ3n) is 4.37. The van der Waals surface area contributed by atoms with Gasteiger partial charge in [0.05, 0.1) is 6.42 Å². The van der Waals surface area contributed by atoms with Gasteiger partial charge in [-0.1, -0.05) is 24.3 Å². The number of hydrogen-bond donors (Lipinski definition) is 3. The van der Waals surface area contributed by atoms with Crippen LogP contribution in [0.4, 0.5) is 5.82 Å². The van der Waals surface area contributed by atoms with Gasteiger partial charge in [0.25, 0.3) is 0 Å². The van der Waals surface area contributed by atoms with Crippen LogP contribution in [0, 0.1) is 0 Å². The van der Waals surface area contributed by atoms with Crippen LogP contribution in [0.3, 0.4) is 0 Å². The Labute approximate surface area is 196 Å². The van der Waals surface area contributed by atoms with Gasteiger partial charge in [-0.15, -0.1) is 49.6 Å². The van der Waals surface area contributed by atoms with Crippen molar-refractivity contribution in [3.05, 3.63) is 53.5 Å². The average molecular weight is 486 g/mol. The second kappa shape index (κ2) is 15.5. The Morgan fingerprint density at radius 3 is 2.24 bits per heavy atom. The SMILES string of the molecule is Cl.Cl.Cl.Cl.NNC(=O)Cc1ccc(CCc2cc(N3CCNCC3)ncn2)cc1. The van der Waals surface area contributed by atoms with Gasteiger partial charge < -0.3 is 10.2 Å². The summed E-state index contributed by atoms with van der Waals surface area (Å²) >= 11 is 0. The zero-order valence-electron chi connectivity index (χ0n) is 15.9. The number of nitrogens with zero attached hydrogens (tertiary/aromatic N) is 3. The van der Waals surface area contributed by atoms with Gasteiger partial charge in [-0.3, -0.25) is 10.2 Å². The van der Waals surface area contributed by atoms with E-state index in [1.807, 2.05) is 12.1 Å². The van der Waals surface area contributed by atoms with E-state index in [1.165, 1.54) is 5.56 Å². The molecule has 1 amide bonds. The van der Waals surface area contributed by atoms with Crippen LogP contribution in [-0.2, 0) is 24.1 Å². The van der Waals surface area contributed by atoms with Crippen LogP contribution >= 0.6 is 49.6 Å². The summed E-state index contributed by atoms with van der Waals surface area (Å²) in [6, 6.07) is 10.1. The van der Waals surface area contributed by atoms with Crippen molar-refractivity contribution in [1.82, 2.24) is 20.7 Å². The lowest BCUT2D eigenvalue weighted by molar-refractivity contribution is -0.120. The predicted molar refractivity (Wildman–Crippen MR) is 126 cm³/mol. The molecule has 2 aromatic rings. The summed E-state index contributed by atoms with van der Waals surface area (Å²) in [4.78, 5) is 22.4. The molecule has 1 aromatic carbocycles. The van der Waals surface area contributed by atoms with E-state index in [9.17, 15) is 4.79 Å². The number of rotatable bonds is 6. The van der Waals surface area contributed by atoms with Crippen LogP contribution in [0.25, 0.3) is 0 Å². The largest absolute Gasteiger partial charge is 0.354 e. The van der Waals surface area contributed by atoms with Gasteiger partial charge in [-0.05, 0) is 24.0 Å². The Morgan fingerprint density at radius 1 is 1.00 bits per heavy atom. The quantitative estimate of drug-likeness (QED) is 0.328. The third-order valence-corrected chi connectivity index (χ3v) is 4.37. The molecule has 2 heterocycles. The molecule has 1 aromatic heterocycles. The van der Waals surface area contributed by atoms with Gasteiger partial charge in [0, 0.05) is 37.9 Å². The number of benzene rings is 1. The van der Waals surface area contributed by atoms with Crippen LogP contribution in [0.2, 0.25) is 0 Å². The minimum absolute atomic E-state index is 0. The highest BCUT2D eigenvalue weighted by Crippen LogP contribution is 2.14. The molecular weight excluding hydrogens is 458 g/mol. The second-order valence-electron chi connectivity index (χ2n) is 6.17. The zero-order chi connectivity index (χ0) is 17.5. The van der Waals surface area contributed by atoms with E-state index in [2.05, 4.69) is 43.8 Å². The molecule has 0 unspecified atom stereocenters. The highest BCUT2D eigenvalue weighted by atomic mass is 35.5. The van der Waals surface area contributed by atoms with E-state index in [0.29, 0.717) is 6.42 Å². The van der Waals surface area contributed by atoms with E-state index >= 15 is 0 Å². The van der Waals surface area contributed by atoms with Gasteiger partial charge in [-0.25, -0.2) is 15.8 Å². The summed E-state index contributed by atoms with van der Waals surface area (Å²) < 4.78 is 0. The smallest absolute Gasteiger partial charge is 0.238 e. The highest BCUT2D eigenvalue weighted by molar-refractivity contribution is 5.86. The summed E-state index contributed by atoms with van der Waals surface area (Å²) in [5.41, 5.74) is 5.37. The number of nitrogens with two attached hydrogens (primary N) is 1. The zero-order valence-corrected chi connectivity index (χ0v) is 19.1. The number of anilines is 1. The molecule has 0 atom stereocenters. The Kier molecular flexibility index (Phi) is 15.9. The summed E-state index contributed by atoms with van der Waals surface area (Å²) in [6.07, 6.45) is 3.73. The lowest BCUT2D eigenvalue weighted by Gasteiger charge is -2.28. The Balaban J connectivity index is 0. The highest BCUT2D eigenvalue weighted by Gasteiger charge is 2.12. The molecule has 0 spiro atoms. The molecule has 164 valence electrons. The monoisotopic (exact) mass is 484 g/mol. The molecule has 11 heteroatoms. The molecule has 0 saturated carbocycles. The summed E-state index contributed by atoms with van der Waals surface area (Å²) in [6.45, 7) is 3.95. The lowest BCUT2D eigenvalue weighted by Crippen LogP contribution is -2.43. The number of nitrogens with one attached hydrogen (secondary N) is 2. The number of carbonyl (C=O) groups is 1. The van der Waals surface area contributed by atoms with Gasteiger partial charge in [0.15, 0.2) is 0 Å². The number of piperazine rings is 1. The van der Waals surface area contributed by atoms with E-state index in [0.717, 1.165) is 56.1 Å². The maximum absolute atomic E-state index is 11.3. The van der Waals surface area contributed by atoms with Crippen molar-refractivity contribution in [2.75, 3.05) is 31.1 Å². The normalized spacial score (nSPS) is 12.4. The summed E-state index contributed by atoms with van der Waals surface area (Å²) in [5.74, 6) is 5.93. The van der Waals surface area contributed by atoms with Crippen molar-refractivity contribution in [2.24, 2.45) is 5.84 Å². The topological polar surface area (TPSA) is 96.2 Å². The van der Waals surface area contributed by atoms with Crippen molar-refractivity contribution in [3.63, 3.8) is 0 Å². The molecule has 0 radical (unpaired) electrons. The van der Waals surface area contributed by atoms with E-state index < -0.39 is 0 Å². The summed E-state index contributed by atoms with van der Waals surface area (Å²) in [5, 5.41) is 3.35. The van der Waals surface area contributed by atoms with Crippen LogP contribution < -0.4 is 21.5 Å². The first-order chi connectivity index (χ1) is 12.2.